The monoisotopic (exact) mass is 217 g/mol. The fraction of sp³-hybridized carbons (Fsp3) is 0.462. The second-order valence-corrected chi connectivity index (χ2v) is 4.75. The van der Waals surface area contributed by atoms with Gasteiger partial charge in [-0.3, -0.25) is 0 Å². The first-order valence-corrected chi connectivity index (χ1v) is 5.76. The first-order valence-electron chi connectivity index (χ1n) is 5.76. The molecule has 1 atom stereocenters. The number of hydrogen-bond donors (Lipinski definition) is 1. The molecule has 0 aliphatic rings. The van der Waals surface area contributed by atoms with E-state index in [1.807, 2.05) is 25.2 Å². The molecule has 0 radical (unpaired) electrons. The molecule has 1 heterocycles. The Balaban J connectivity index is 2.41. The third kappa shape index (κ3) is 1.95. The van der Waals surface area contributed by atoms with Gasteiger partial charge in [-0.05, 0) is 24.5 Å². The molecular formula is C13H19N3. The molecule has 3 heteroatoms. The number of fused-ring (bicyclic) bond motifs is 1. The number of nitrogens with two attached hydrogens (primary N) is 1. The van der Waals surface area contributed by atoms with Crippen LogP contribution < -0.4 is 5.73 Å². The van der Waals surface area contributed by atoms with E-state index in [1.54, 1.807) is 0 Å². The van der Waals surface area contributed by atoms with Crippen LogP contribution in [-0.2, 0) is 7.05 Å². The van der Waals surface area contributed by atoms with Gasteiger partial charge < -0.3 is 10.3 Å². The molecule has 1 aromatic carbocycles. The highest BCUT2D eigenvalue weighted by Crippen LogP contribution is 2.22. The molecule has 0 bridgehead atoms. The van der Waals surface area contributed by atoms with Crippen molar-refractivity contribution in [2.24, 2.45) is 18.7 Å². The van der Waals surface area contributed by atoms with Crippen molar-refractivity contribution in [2.75, 3.05) is 0 Å². The zero-order valence-corrected chi connectivity index (χ0v) is 10.1. The molecule has 16 heavy (non-hydrogen) atoms. The summed E-state index contributed by atoms with van der Waals surface area (Å²) in [5.41, 5.74) is 8.35. The minimum Gasteiger partial charge on any atom is -0.330 e. The van der Waals surface area contributed by atoms with Gasteiger partial charge >= 0.3 is 0 Å². The second-order valence-electron chi connectivity index (χ2n) is 4.75. The molecule has 0 fully saturated rings. The number of nitrogens with zero attached hydrogens (tertiary/aromatic N) is 2. The van der Waals surface area contributed by atoms with Crippen LogP contribution in [-0.4, -0.2) is 9.55 Å². The smallest absolute Gasteiger partial charge is 0.126 e. The predicted octanol–water partition coefficient (Wildman–Crippen LogP) is 2.62. The van der Waals surface area contributed by atoms with E-state index < -0.39 is 0 Å². The van der Waals surface area contributed by atoms with Crippen molar-refractivity contribution < 1.29 is 0 Å². The van der Waals surface area contributed by atoms with E-state index in [-0.39, 0.29) is 6.04 Å². The summed E-state index contributed by atoms with van der Waals surface area (Å²) in [4.78, 5) is 4.60. The molecule has 1 aromatic heterocycles. The summed E-state index contributed by atoms with van der Waals surface area (Å²) in [5.74, 6) is 1.57. The highest BCUT2D eigenvalue weighted by atomic mass is 15.1. The average molecular weight is 217 g/mol. The Bertz CT molecular complexity index is 485. The first-order chi connectivity index (χ1) is 7.59. The van der Waals surface area contributed by atoms with Crippen molar-refractivity contribution in [3.63, 3.8) is 0 Å². The Morgan fingerprint density at radius 3 is 2.62 bits per heavy atom. The molecular weight excluding hydrogens is 198 g/mol. The minimum absolute atomic E-state index is 0.0254. The highest BCUT2D eigenvalue weighted by molar-refractivity contribution is 5.75. The van der Waals surface area contributed by atoms with Crippen LogP contribution in [0.15, 0.2) is 24.3 Å². The van der Waals surface area contributed by atoms with Gasteiger partial charge in [-0.15, -0.1) is 0 Å². The van der Waals surface area contributed by atoms with Gasteiger partial charge in [0.2, 0.25) is 0 Å². The first kappa shape index (κ1) is 11.1. The molecule has 0 saturated heterocycles. The van der Waals surface area contributed by atoms with Crippen LogP contribution in [0.2, 0.25) is 0 Å². The molecule has 2 aromatic rings. The molecule has 2 N–H and O–H groups in total. The van der Waals surface area contributed by atoms with E-state index in [1.165, 1.54) is 0 Å². The third-order valence-corrected chi connectivity index (χ3v) is 2.88. The fourth-order valence-electron chi connectivity index (χ4n) is 2.11. The Morgan fingerprint density at radius 2 is 2.00 bits per heavy atom. The standard InChI is InChI=1S/C13H19N3/c1-9(2)8-10(14)13-15-11-6-4-5-7-12(11)16(13)3/h4-7,9-10H,8,14H2,1-3H3/t10-/m1/s1. The van der Waals surface area contributed by atoms with Gasteiger partial charge in [-0.1, -0.05) is 26.0 Å². The molecule has 0 aliphatic heterocycles. The third-order valence-electron chi connectivity index (χ3n) is 2.88. The lowest BCUT2D eigenvalue weighted by Gasteiger charge is -2.13. The van der Waals surface area contributed by atoms with Gasteiger partial charge in [0.15, 0.2) is 0 Å². The van der Waals surface area contributed by atoms with Crippen LogP contribution >= 0.6 is 0 Å². The topological polar surface area (TPSA) is 43.8 Å². The molecule has 0 unspecified atom stereocenters. The molecule has 2 rings (SSSR count). The molecule has 0 saturated carbocycles. The van der Waals surface area contributed by atoms with Crippen LogP contribution in [0.25, 0.3) is 11.0 Å². The lowest BCUT2D eigenvalue weighted by Crippen LogP contribution is -2.17. The number of rotatable bonds is 3. The maximum Gasteiger partial charge on any atom is 0.126 e. The quantitative estimate of drug-likeness (QED) is 0.858. The van der Waals surface area contributed by atoms with Crippen molar-refractivity contribution in [1.82, 2.24) is 9.55 Å². The normalized spacial score (nSPS) is 13.6. The zero-order valence-electron chi connectivity index (χ0n) is 10.1. The van der Waals surface area contributed by atoms with Crippen molar-refractivity contribution in [2.45, 2.75) is 26.3 Å². The SMILES string of the molecule is CC(C)C[C@@H](N)c1nc2ccccc2n1C. The number of aromatic nitrogens is 2. The van der Waals surface area contributed by atoms with E-state index in [2.05, 4.69) is 29.5 Å². The number of hydrogen-bond acceptors (Lipinski definition) is 2. The Kier molecular flexibility index (Phi) is 2.97. The van der Waals surface area contributed by atoms with E-state index >= 15 is 0 Å². The highest BCUT2D eigenvalue weighted by Gasteiger charge is 2.15. The molecule has 3 nitrogen and oxygen atoms in total. The summed E-state index contributed by atoms with van der Waals surface area (Å²) in [6.07, 6.45) is 0.969. The second kappa shape index (κ2) is 4.26. The van der Waals surface area contributed by atoms with Crippen LogP contribution in [0.4, 0.5) is 0 Å². The molecule has 0 amide bonds. The Hall–Kier alpha value is -1.35. The number of para-hydroxylation sites is 2. The van der Waals surface area contributed by atoms with Gasteiger partial charge in [0, 0.05) is 7.05 Å². The van der Waals surface area contributed by atoms with Crippen molar-refractivity contribution >= 4 is 11.0 Å². The summed E-state index contributed by atoms with van der Waals surface area (Å²) in [6, 6.07) is 8.17. The van der Waals surface area contributed by atoms with E-state index in [0.29, 0.717) is 5.92 Å². The number of benzene rings is 1. The summed E-state index contributed by atoms with van der Waals surface area (Å²) in [7, 11) is 2.03. The van der Waals surface area contributed by atoms with E-state index in [9.17, 15) is 0 Å². The fourth-order valence-corrected chi connectivity index (χ4v) is 2.11. The largest absolute Gasteiger partial charge is 0.330 e. The maximum atomic E-state index is 6.18. The minimum atomic E-state index is 0.0254. The van der Waals surface area contributed by atoms with Crippen LogP contribution in [0.3, 0.4) is 0 Å². The van der Waals surface area contributed by atoms with Gasteiger partial charge in [0.1, 0.15) is 5.82 Å². The number of imidazole rings is 1. The molecule has 0 spiro atoms. The van der Waals surface area contributed by atoms with Gasteiger partial charge in [0.25, 0.3) is 0 Å². The maximum absolute atomic E-state index is 6.18. The van der Waals surface area contributed by atoms with Gasteiger partial charge in [0.05, 0.1) is 17.1 Å². The lowest BCUT2D eigenvalue weighted by atomic mass is 10.0. The lowest BCUT2D eigenvalue weighted by molar-refractivity contribution is 0.485. The van der Waals surface area contributed by atoms with Crippen LogP contribution in [0, 0.1) is 5.92 Å². The summed E-state index contributed by atoms with van der Waals surface area (Å²) in [5, 5.41) is 0. The van der Waals surface area contributed by atoms with Crippen molar-refractivity contribution in [3.8, 4) is 0 Å². The number of aryl methyl sites for hydroxylation is 1. The van der Waals surface area contributed by atoms with Gasteiger partial charge in [-0.2, -0.15) is 0 Å². The Labute approximate surface area is 96.3 Å². The van der Waals surface area contributed by atoms with Crippen molar-refractivity contribution in [1.29, 1.82) is 0 Å². The molecule has 0 aliphatic carbocycles. The van der Waals surface area contributed by atoms with Gasteiger partial charge in [-0.25, -0.2) is 4.98 Å². The van der Waals surface area contributed by atoms with E-state index in [4.69, 9.17) is 5.73 Å². The van der Waals surface area contributed by atoms with Crippen LogP contribution in [0.1, 0.15) is 32.1 Å². The average Bonchev–Trinajstić information content (AvgIpc) is 2.56. The molecule has 86 valence electrons. The summed E-state index contributed by atoms with van der Waals surface area (Å²) in [6.45, 7) is 4.37. The Morgan fingerprint density at radius 1 is 1.31 bits per heavy atom. The van der Waals surface area contributed by atoms with Crippen molar-refractivity contribution in [3.05, 3.63) is 30.1 Å². The van der Waals surface area contributed by atoms with E-state index in [0.717, 1.165) is 23.3 Å². The summed E-state index contributed by atoms with van der Waals surface area (Å²) < 4.78 is 2.10. The predicted molar refractivity (Wildman–Crippen MR) is 67.1 cm³/mol. The zero-order chi connectivity index (χ0) is 11.7. The summed E-state index contributed by atoms with van der Waals surface area (Å²) >= 11 is 0. The van der Waals surface area contributed by atoms with Crippen LogP contribution in [0.5, 0.6) is 0 Å².